The number of sulfonamides is 1. The number of aldehydes is 1. The number of hydrogen-bond donors (Lipinski definition) is 0. The summed E-state index contributed by atoms with van der Waals surface area (Å²) >= 11 is 0. The van der Waals surface area contributed by atoms with Crippen LogP contribution < -0.4 is 9.47 Å². The van der Waals surface area contributed by atoms with Crippen molar-refractivity contribution < 1.29 is 27.4 Å². The number of hydrogen-bond acceptors (Lipinski definition) is 6. The lowest BCUT2D eigenvalue weighted by molar-refractivity contribution is -0.108. The van der Waals surface area contributed by atoms with Crippen molar-refractivity contribution in [3.63, 3.8) is 0 Å². The molecule has 0 N–H and O–H groups in total. The number of methoxy groups -OCH3 is 2. The fraction of sp³-hybridized carbons (Fsp3) is 0.435. The summed E-state index contributed by atoms with van der Waals surface area (Å²) in [5.74, 6) is 1.38. The smallest absolute Gasteiger partial charge is 0.224 e. The van der Waals surface area contributed by atoms with E-state index >= 15 is 0 Å². The number of carbonyl (C=O) groups is 1. The Morgan fingerprint density at radius 3 is 1.90 bits per heavy atom. The molecular formula is C23H29NO6S. The summed E-state index contributed by atoms with van der Waals surface area (Å²) < 4.78 is 44.3. The SMILES string of the molecule is COc1ccc(CN(Cc2ccc(OC)cc2)S(=O)(=O)[C@H](C=O)C[C@@H]2CCCO2)cc1. The second-order valence-corrected chi connectivity index (χ2v) is 9.71. The van der Waals surface area contributed by atoms with Crippen molar-refractivity contribution in [3.8, 4) is 11.5 Å². The first kappa shape index (κ1) is 23.2. The highest BCUT2D eigenvalue weighted by Gasteiger charge is 2.35. The number of nitrogens with zero attached hydrogens (tertiary/aromatic N) is 1. The minimum absolute atomic E-state index is 0.147. The van der Waals surface area contributed by atoms with Crippen molar-refractivity contribution in [2.24, 2.45) is 0 Å². The molecule has 0 unspecified atom stereocenters. The molecule has 0 spiro atoms. The van der Waals surface area contributed by atoms with Gasteiger partial charge in [-0.3, -0.25) is 0 Å². The molecule has 3 rings (SSSR count). The molecule has 0 aliphatic carbocycles. The monoisotopic (exact) mass is 447 g/mol. The van der Waals surface area contributed by atoms with Crippen LogP contribution in [0.4, 0.5) is 0 Å². The highest BCUT2D eigenvalue weighted by Crippen LogP contribution is 2.25. The number of ether oxygens (including phenoxy) is 3. The molecule has 1 aliphatic heterocycles. The first-order valence-corrected chi connectivity index (χ1v) is 11.8. The predicted octanol–water partition coefficient (Wildman–Crippen LogP) is 3.17. The molecule has 1 heterocycles. The van der Waals surface area contributed by atoms with Gasteiger partial charge in [-0.15, -0.1) is 0 Å². The van der Waals surface area contributed by atoms with Gasteiger partial charge >= 0.3 is 0 Å². The molecule has 1 saturated heterocycles. The minimum Gasteiger partial charge on any atom is -0.497 e. The van der Waals surface area contributed by atoms with Gasteiger partial charge in [0.2, 0.25) is 10.0 Å². The standard InChI is InChI=1S/C23H29NO6S/c1-28-20-9-5-18(6-10-20)15-24(16-19-7-11-21(29-2)12-8-19)31(26,27)23(17-25)14-22-4-3-13-30-22/h5-12,17,22-23H,3-4,13-16H2,1-2H3/t22-,23-/m0/s1. The third-order valence-corrected chi connectivity index (χ3v) is 7.50. The van der Waals surface area contributed by atoms with Gasteiger partial charge in [-0.2, -0.15) is 4.31 Å². The topological polar surface area (TPSA) is 82.1 Å². The van der Waals surface area contributed by atoms with E-state index in [1.807, 2.05) is 24.3 Å². The predicted molar refractivity (Wildman–Crippen MR) is 118 cm³/mol. The van der Waals surface area contributed by atoms with Gasteiger partial charge in [-0.25, -0.2) is 8.42 Å². The van der Waals surface area contributed by atoms with E-state index in [1.165, 1.54) is 4.31 Å². The molecule has 7 nitrogen and oxygen atoms in total. The van der Waals surface area contributed by atoms with Gasteiger partial charge in [0, 0.05) is 19.7 Å². The summed E-state index contributed by atoms with van der Waals surface area (Å²) in [7, 11) is -0.748. The van der Waals surface area contributed by atoms with Crippen LogP contribution in [0, 0.1) is 0 Å². The fourth-order valence-corrected chi connectivity index (χ4v) is 5.27. The van der Waals surface area contributed by atoms with Crippen LogP contribution in [0.3, 0.4) is 0 Å². The van der Waals surface area contributed by atoms with Crippen molar-refractivity contribution in [3.05, 3.63) is 59.7 Å². The number of carbonyl (C=O) groups excluding carboxylic acids is 1. The molecule has 168 valence electrons. The average molecular weight is 448 g/mol. The zero-order chi connectivity index (χ0) is 22.3. The lowest BCUT2D eigenvalue weighted by Gasteiger charge is -2.26. The summed E-state index contributed by atoms with van der Waals surface area (Å²) in [6.45, 7) is 0.903. The second-order valence-electron chi connectivity index (χ2n) is 7.55. The van der Waals surface area contributed by atoms with Gasteiger partial charge < -0.3 is 19.0 Å². The molecule has 0 radical (unpaired) electrons. The number of rotatable bonds is 11. The van der Waals surface area contributed by atoms with Crippen LogP contribution in [-0.2, 0) is 32.6 Å². The first-order valence-electron chi connectivity index (χ1n) is 10.3. The van der Waals surface area contributed by atoms with E-state index in [2.05, 4.69) is 0 Å². The maximum Gasteiger partial charge on any atom is 0.224 e. The van der Waals surface area contributed by atoms with E-state index in [1.54, 1.807) is 38.5 Å². The zero-order valence-electron chi connectivity index (χ0n) is 17.9. The molecule has 8 heteroatoms. The normalized spacial score (nSPS) is 17.5. The second kappa shape index (κ2) is 10.7. The quantitative estimate of drug-likeness (QED) is 0.492. The maximum absolute atomic E-state index is 13.5. The lowest BCUT2D eigenvalue weighted by atomic mass is 10.1. The van der Waals surface area contributed by atoms with Crippen molar-refractivity contribution in [2.45, 2.75) is 43.7 Å². The van der Waals surface area contributed by atoms with E-state index in [9.17, 15) is 13.2 Å². The largest absolute Gasteiger partial charge is 0.497 e. The van der Waals surface area contributed by atoms with Crippen molar-refractivity contribution >= 4 is 16.3 Å². The molecule has 0 amide bonds. The molecule has 31 heavy (non-hydrogen) atoms. The Hall–Kier alpha value is -2.42. The average Bonchev–Trinajstić information content (AvgIpc) is 3.31. The van der Waals surface area contributed by atoms with E-state index in [0.717, 1.165) is 24.0 Å². The van der Waals surface area contributed by atoms with Gasteiger partial charge in [0.15, 0.2) is 0 Å². The van der Waals surface area contributed by atoms with E-state index in [-0.39, 0.29) is 25.6 Å². The van der Waals surface area contributed by atoms with Crippen LogP contribution in [0.25, 0.3) is 0 Å². The molecule has 0 aromatic heterocycles. The molecule has 2 aromatic carbocycles. The molecule has 1 fully saturated rings. The van der Waals surface area contributed by atoms with Crippen LogP contribution in [0.1, 0.15) is 30.4 Å². The summed E-state index contributed by atoms with van der Waals surface area (Å²) in [5.41, 5.74) is 1.61. The highest BCUT2D eigenvalue weighted by molar-refractivity contribution is 7.90. The maximum atomic E-state index is 13.5. The van der Waals surface area contributed by atoms with E-state index in [0.29, 0.717) is 24.4 Å². The number of benzene rings is 2. The van der Waals surface area contributed by atoms with Crippen LogP contribution in [-0.4, -0.2) is 51.2 Å². The molecule has 1 aliphatic rings. The molecule has 0 saturated carbocycles. The fourth-order valence-electron chi connectivity index (χ4n) is 3.63. The Balaban J connectivity index is 1.86. The Morgan fingerprint density at radius 1 is 1.00 bits per heavy atom. The molecular weight excluding hydrogens is 418 g/mol. The summed E-state index contributed by atoms with van der Waals surface area (Å²) in [6, 6.07) is 14.5. The Kier molecular flexibility index (Phi) is 8.06. The summed E-state index contributed by atoms with van der Waals surface area (Å²) in [6.07, 6.45) is 2.17. The minimum atomic E-state index is -3.91. The van der Waals surface area contributed by atoms with Gasteiger partial charge in [-0.1, -0.05) is 24.3 Å². The Bertz CT molecular complexity index is 888. The lowest BCUT2D eigenvalue weighted by Crippen LogP contribution is -2.40. The molecule has 0 bridgehead atoms. The molecule has 2 aromatic rings. The summed E-state index contributed by atoms with van der Waals surface area (Å²) in [4.78, 5) is 11.8. The Morgan fingerprint density at radius 2 is 1.52 bits per heavy atom. The Labute approximate surface area is 184 Å². The van der Waals surface area contributed by atoms with Crippen LogP contribution in [0.15, 0.2) is 48.5 Å². The van der Waals surface area contributed by atoms with Crippen molar-refractivity contribution in [1.82, 2.24) is 4.31 Å². The van der Waals surface area contributed by atoms with E-state index in [4.69, 9.17) is 14.2 Å². The van der Waals surface area contributed by atoms with Crippen LogP contribution in [0.5, 0.6) is 11.5 Å². The molecule has 2 atom stereocenters. The third kappa shape index (κ3) is 6.06. The van der Waals surface area contributed by atoms with Gasteiger partial charge in [0.25, 0.3) is 0 Å². The first-order chi connectivity index (χ1) is 15.0. The summed E-state index contributed by atoms with van der Waals surface area (Å²) in [5, 5.41) is -1.15. The van der Waals surface area contributed by atoms with Crippen molar-refractivity contribution in [1.29, 1.82) is 0 Å². The highest BCUT2D eigenvalue weighted by atomic mass is 32.2. The van der Waals surface area contributed by atoms with Crippen molar-refractivity contribution in [2.75, 3.05) is 20.8 Å². The van der Waals surface area contributed by atoms with Crippen LogP contribution in [0.2, 0.25) is 0 Å². The van der Waals surface area contributed by atoms with Gasteiger partial charge in [0.1, 0.15) is 23.0 Å². The van der Waals surface area contributed by atoms with Gasteiger partial charge in [-0.05, 0) is 54.7 Å². The van der Waals surface area contributed by atoms with E-state index < -0.39 is 15.3 Å². The van der Waals surface area contributed by atoms with Gasteiger partial charge in [0.05, 0.1) is 20.3 Å². The zero-order valence-corrected chi connectivity index (χ0v) is 18.7. The third-order valence-electron chi connectivity index (χ3n) is 5.45. The van der Waals surface area contributed by atoms with Crippen LogP contribution >= 0.6 is 0 Å².